The average molecular weight is 420 g/mol. The van der Waals surface area contributed by atoms with E-state index in [1.165, 1.54) is 4.57 Å². The minimum Gasteiger partial charge on any atom is -0.408 e. The van der Waals surface area contributed by atoms with E-state index in [1.54, 1.807) is 18.2 Å². The lowest BCUT2D eigenvalue weighted by Crippen LogP contribution is -2.49. The molecule has 146 valence electrons. The van der Waals surface area contributed by atoms with Crippen molar-refractivity contribution in [1.82, 2.24) is 9.47 Å². The van der Waals surface area contributed by atoms with Crippen molar-refractivity contribution in [2.75, 3.05) is 31.1 Å². The molecule has 28 heavy (non-hydrogen) atoms. The normalized spacial score (nSPS) is 14.6. The monoisotopic (exact) mass is 419 g/mol. The first kappa shape index (κ1) is 18.9. The molecule has 0 radical (unpaired) electrons. The lowest BCUT2D eigenvalue weighted by Gasteiger charge is -2.36. The minimum absolute atomic E-state index is 0.0158. The molecule has 1 fully saturated rings. The van der Waals surface area contributed by atoms with Crippen molar-refractivity contribution in [2.24, 2.45) is 0 Å². The largest absolute Gasteiger partial charge is 0.419 e. The van der Waals surface area contributed by atoms with Crippen molar-refractivity contribution in [1.29, 1.82) is 0 Å². The number of anilines is 1. The Balaban J connectivity index is 1.38. The first-order valence-corrected chi connectivity index (χ1v) is 9.84. The van der Waals surface area contributed by atoms with Gasteiger partial charge in [-0.3, -0.25) is 9.36 Å². The molecule has 6 nitrogen and oxygen atoms in total. The van der Waals surface area contributed by atoms with Gasteiger partial charge in [-0.25, -0.2) is 4.79 Å². The first-order chi connectivity index (χ1) is 13.5. The predicted octanol–water partition coefficient (Wildman–Crippen LogP) is 3.64. The van der Waals surface area contributed by atoms with Crippen LogP contribution in [0.3, 0.4) is 0 Å². The van der Waals surface area contributed by atoms with Crippen LogP contribution in [0.25, 0.3) is 11.1 Å². The van der Waals surface area contributed by atoms with Gasteiger partial charge in [0.05, 0.1) is 16.2 Å². The summed E-state index contributed by atoms with van der Waals surface area (Å²) in [5, 5.41) is 1.23. The van der Waals surface area contributed by atoms with Crippen LogP contribution in [-0.4, -0.2) is 41.6 Å². The van der Waals surface area contributed by atoms with Crippen molar-refractivity contribution < 1.29 is 9.21 Å². The number of rotatable bonds is 4. The fraction of sp³-hybridized carbons (Fsp3) is 0.300. The molecular formula is C20H19Cl2N3O3. The highest BCUT2D eigenvalue weighted by molar-refractivity contribution is 6.33. The van der Waals surface area contributed by atoms with Crippen molar-refractivity contribution in [2.45, 2.75) is 13.0 Å². The number of oxazole rings is 1. The van der Waals surface area contributed by atoms with Gasteiger partial charge in [0.15, 0.2) is 5.58 Å². The summed E-state index contributed by atoms with van der Waals surface area (Å²) in [4.78, 5) is 28.7. The number of nitrogens with zero attached hydrogens (tertiary/aromatic N) is 3. The summed E-state index contributed by atoms with van der Waals surface area (Å²) < 4.78 is 6.67. The number of hydrogen-bond donors (Lipinski definition) is 0. The average Bonchev–Trinajstić information content (AvgIpc) is 3.01. The number of carbonyl (C=O) groups is 1. The Kier molecular flexibility index (Phi) is 5.33. The molecule has 4 rings (SSSR count). The minimum atomic E-state index is -0.478. The number of amides is 1. The molecule has 1 saturated heterocycles. The molecule has 1 amide bonds. The van der Waals surface area contributed by atoms with Gasteiger partial charge in [-0.2, -0.15) is 0 Å². The van der Waals surface area contributed by atoms with Gasteiger partial charge in [-0.1, -0.05) is 35.3 Å². The van der Waals surface area contributed by atoms with Crippen molar-refractivity contribution in [3.05, 3.63) is 63.1 Å². The van der Waals surface area contributed by atoms with Gasteiger partial charge in [0.25, 0.3) is 0 Å². The maximum Gasteiger partial charge on any atom is 0.419 e. The number of piperazine rings is 1. The molecule has 3 aromatic rings. The molecule has 1 aromatic heterocycles. The van der Waals surface area contributed by atoms with Crippen molar-refractivity contribution in [3.63, 3.8) is 0 Å². The lowest BCUT2D eigenvalue weighted by molar-refractivity contribution is -0.131. The molecule has 0 unspecified atom stereocenters. The standard InChI is InChI=1S/C20H19Cl2N3O3/c21-14-5-6-18-17(13-14)25(20(27)28-18)8-7-19(26)24-11-9-23(10-12-24)16-4-2-1-3-15(16)22/h1-6,13H,7-12H2. The van der Waals surface area contributed by atoms with E-state index in [-0.39, 0.29) is 18.9 Å². The molecule has 1 aliphatic rings. The molecule has 2 aromatic carbocycles. The van der Waals surface area contributed by atoms with Gasteiger partial charge in [-0.15, -0.1) is 0 Å². The van der Waals surface area contributed by atoms with Crippen LogP contribution < -0.4 is 10.7 Å². The third kappa shape index (κ3) is 3.75. The van der Waals surface area contributed by atoms with Gasteiger partial charge in [0.1, 0.15) is 0 Å². The van der Waals surface area contributed by atoms with E-state index in [0.29, 0.717) is 34.2 Å². The Morgan fingerprint density at radius 2 is 1.79 bits per heavy atom. The zero-order valence-corrected chi connectivity index (χ0v) is 16.6. The maximum absolute atomic E-state index is 12.6. The van der Waals surface area contributed by atoms with Crippen LogP contribution in [-0.2, 0) is 11.3 Å². The van der Waals surface area contributed by atoms with E-state index >= 15 is 0 Å². The summed E-state index contributed by atoms with van der Waals surface area (Å²) in [6.07, 6.45) is 0.229. The highest BCUT2D eigenvalue weighted by atomic mass is 35.5. The summed E-state index contributed by atoms with van der Waals surface area (Å²) in [5.74, 6) is -0.462. The summed E-state index contributed by atoms with van der Waals surface area (Å²) in [6.45, 7) is 2.95. The topological polar surface area (TPSA) is 58.7 Å². The number of aryl methyl sites for hydroxylation is 1. The maximum atomic E-state index is 12.6. The van der Waals surface area contributed by atoms with Gasteiger partial charge >= 0.3 is 5.76 Å². The lowest BCUT2D eigenvalue weighted by atomic mass is 10.2. The second kappa shape index (κ2) is 7.89. The molecule has 1 aliphatic heterocycles. The second-order valence-corrected chi connectivity index (χ2v) is 7.54. The highest BCUT2D eigenvalue weighted by Gasteiger charge is 2.22. The van der Waals surface area contributed by atoms with Crippen LogP contribution in [0.15, 0.2) is 51.7 Å². The quantitative estimate of drug-likeness (QED) is 0.647. The molecule has 0 atom stereocenters. The molecule has 0 saturated carbocycles. The van der Waals surface area contributed by atoms with Crippen LogP contribution in [0.1, 0.15) is 6.42 Å². The number of para-hydroxylation sites is 1. The molecule has 2 heterocycles. The smallest absolute Gasteiger partial charge is 0.408 e. The van der Waals surface area contributed by atoms with Crippen LogP contribution >= 0.6 is 23.2 Å². The van der Waals surface area contributed by atoms with Gasteiger partial charge in [0, 0.05) is 44.2 Å². The van der Waals surface area contributed by atoms with Crippen molar-refractivity contribution >= 4 is 45.9 Å². The second-order valence-electron chi connectivity index (χ2n) is 6.70. The van der Waals surface area contributed by atoms with Gasteiger partial charge in [-0.05, 0) is 30.3 Å². The third-order valence-electron chi connectivity index (χ3n) is 5.00. The fourth-order valence-corrected chi connectivity index (χ4v) is 3.94. The van der Waals surface area contributed by atoms with Crippen LogP contribution in [0.5, 0.6) is 0 Å². The summed E-state index contributed by atoms with van der Waals surface area (Å²) >= 11 is 12.3. The van der Waals surface area contributed by atoms with Crippen molar-refractivity contribution in [3.8, 4) is 0 Å². The number of hydrogen-bond acceptors (Lipinski definition) is 4. The van der Waals surface area contributed by atoms with E-state index in [9.17, 15) is 9.59 Å². The Bertz CT molecular complexity index is 1070. The van der Waals surface area contributed by atoms with Crippen LogP contribution in [0.4, 0.5) is 5.69 Å². The summed E-state index contributed by atoms with van der Waals surface area (Å²) in [5.41, 5.74) is 2.06. The molecule has 0 bridgehead atoms. The van der Waals surface area contributed by atoms with Crippen LogP contribution in [0.2, 0.25) is 10.0 Å². The molecule has 0 spiro atoms. The van der Waals surface area contributed by atoms with Gasteiger partial charge in [0.2, 0.25) is 5.91 Å². The summed E-state index contributed by atoms with van der Waals surface area (Å²) in [6, 6.07) is 12.7. The predicted molar refractivity (Wildman–Crippen MR) is 110 cm³/mol. The van der Waals surface area contributed by atoms with E-state index in [2.05, 4.69) is 4.90 Å². The molecule has 0 aliphatic carbocycles. The first-order valence-electron chi connectivity index (χ1n) is 9.09. The van der Waals surface area contributed by atoms with E-state index in [1.807, 2.05) is 29.2 Å². The Labute approximate surface area is 171 Å². The SMILES string of the molecule is O=C(CCn1c(=O)oc2ccc(Cl)cc21)N1CCN(c2ccccc2Cl)CC1. The van der Waals surface area contributed by atoms with Gasteiger partial charge < -0.3 is 14.2 Å². The summed E-state index contributed by atoms with van der Waals surface area (Å²) in [7, 11) is 0. The van der Waals surface area contributed by atoms with E-state index in [4.69, 9.17) is 27.6 Å². The number of carbonyl (C=O) groups excluding carboxylic acids is 1. The zero-order chi connectivity index (χ0) is 19.7. The van der Waals surface area contributed by atoms with Crippen LogP contribution in [0, 0.1) is 0 Å². The van der Waals surface area contributed by atoms with E-state index in [0.717, 1.165) is 18.8 Å². The number of fused-ring (bicyclic) bond motifs is 1. The number of aromatic nitrogens is 1. The number of benzene rings is 2. The molecular weight excluding hydrogens is 401 g/mol. The molecule has 0 N–H and O–H groups in total. The highest BCUT2D eigenvalue weighted by Crippen LogP contribution is 2.26. The fourth-order valence-electron chi connectivity index (χ4n) is 3.52. The Hall–Kier alpha value is -2.44. The zero-order valence-electron chi connectivity index (χ0n) is 15.1. The molecule has 8 heteroatoms. The number of halogens is 2. The third-order valence-corrected chi connectivity index (χ3v) is 5.56. The Morgan fingerprint density at radius 1 is 1.04 bits per heavy atom. The Morgan fingerprint density at radius 3 is 2.54 bits per heavy atom. The van der Waals surface area contributed by atoms with E-state index < -0.39 is 5.76 Å².